The molecule has 1 aromatic carbocycles. The number of hydrogen-bond acceptors (Lipinski definition) is 3. The molecule has 3 nitrogen and oxygen atoms in total. The Morgan fingerprint density at radius 1 is 1.24 bits per heavy atom. The number of fused-ring (bicyclic) bond motifs is 2. The first-order valence-corrected chi connectivity index (χ1v) is 9.98. The highest BCUT2D eigenvalue weighted by Gasteiger charge is 2.47. The lowest BCUT2D eigenvalue weighted by atomic mass is 10.1. The topological polar surface area (TPSA) is 37.4 Å². The van der Waals surface area contributed by atoms with Crippen molar-refractivity contribution in [2.45, 2.75) is 54.8 Å². The number of hydrogen-bond donors (Lipinski definition) is 0. The highest BCUT2D eigenvalue weighted by Crippen LogP contribution is 2.43. The SMILES string of the molecule is CSC1CC2CCC(C1)N2S(=O)(=O)c1ccc(F)cc1C. The first-order valence-electron chi connectivity index (χ1n) is 7.26. The Labute approximate surface area is 130 Å². The molecule has 2 fully saturated rings. The van der Waals surface area contributed by atoms with E-state index in [0.717, 1.165) is 25.7 Å². The zero-order valence-corrected chi connectivity index (χ0v) is 13.9. The predicted octanol–water partition coefficient (Wildman–Crippen LogP) is 3.18. The van der Waals surface area contributed by atoms with Crippen LogP contribution in [0.5, 0.6) is 0 Å². The first-order chi connectivity index (χ1) is 9.93. The van der Waals surface area contributed by atoms with E-state index in [1.54, 1.807) is 11.2 Å². The zero-order chi connectivity index (χ0) is 15.2. The lowest BCUT2D eigenvalue weighted by Gasteiger charge is -2.37. The molecular weight excluding hydrogens is 309 g/mol. The molecule has 21 heavy (non-hydrogen) atoms. The normalized spacial score (nSPS) is 29.8. The molecule has 2 unspecified atom stereocenters. The maximum Gasteiger partial charge on any atom is 0.243 e. The summed E-state index contributed by atoms with van der Waals surface area (Å²) in [4.78, 5) is 0.253. The Hall–Kier alpha value is -0.590. The van der Waals surface area contributed by atoms with Gasteiger partial charge in [-0.05, 0) is 62.6 Å². The van der Waals surface area contributed by atoms with Crippen molar-refractivity contribution in [1.29, 1.82) is 0 Å². The molecule has 2 aliphatic rings. The van der Waals surface area contributed by atoms with E-state index in [1.807, 2.05) is 11.8 Å². The van der Waals surface area contributed by atoms with E-state index < -0.39 is 15.8 Å². The number of thioether (sulfide) groups is 1. The highest BCUT2D eigenvalue weighted by atomic mass is 32.2. The van der Waals surface area contributed by atoms with Crippen LogP contribution in [-0.4, -0.2) is 36.3 Å². The largest absolute Gasteiger partial charge is 0.243 e. The lowest BCUT2D eigenvalue weighted by molar-refractivity contribution is 0.253. The summed E-state index contributed by atoms with van der Waals surface area (Å²) in [5.74, 6) is -0.393. The fourth-order valence-corrected chi connectivity index (χ4v) is 6.61. The van der Waals surface area contributed by atoms with Gasteiger partial charge >= 0.3 is 0 Å². The Balaban J connectivity index is 1.96. The van der Waals surface area contributed by atoms with Crippen molar-refractivity contribution in [2.75, 3.05) is 6.26 Å². The van der Waals surface area contributed by atoms with Crippen molar-refractivity contribution in [3.63, 3.8) is 0 Å². The molecular formula is C15H20FNO2S2. The molecule has 0 spiro atoms. The Morgan fingerprint density at radius 2 is 1.86 bits per heavy atom. The van der Waals surface area contributed by atoms with Gasteiger partial charge in [0.25, 0.3) is 0 Å². The van der Waals surface area contributed by atoms with Gasteiger partial charge in [-0.2, -0.15) is 16.1 Å². The number of piperidine rings is 1. The van der Waals surface area contributed by atoms with Crippen LogP contribution < -0.4 is 0 Å². The smallest absolute Gasteiger partial charge is 0.207 e. The number of sulfonamides is 1. The molecule has 6 heteroatoms. The summed E-state index contributed by atoms with van der Waals surface area (Å²) in [5, 5.41) is 0.559. The van der Waals surface area contributed by atoms with Gasteiger partial charge in [0.05, 0.1) is 4.90 Å². The lowest BCUT2D eigenvalue weighted by Crippen LogP contribution is -2.47. The summed E-state index contributed by atoms with van der Waals surface area (Å²) < 4.78 is 40.9. The minimum atomic E-state index is -3.52. The van der Waals surface area contributed by atoms with Gasteiger partial charge in [-0.25, -0.2) is 12.8 Å². The van der Waals surface area contributed by atoms with Gasteiger partial charge in [0.2, 0.25) is 10.0 Å². The Morgan fingerprint density at radius 3 is 2.38 bits per heavy atom. The van der Waals surface area contributed by atoms with E-state index in [4.69, 9.17) is 0 Å². The van der Waals surface area contributed by atoms with E-state index in [0.29, 0.717) is 10.8 Å². The van der Waals surface area contributed by atoms with Gasteiger partial charge in [0, 0.05) is 17.3 Å². The second-order valence-corrected chi connectivity index (χ2v) is 8.91. The average Bonchev–Trinajstić information content (AvgIpc) is 2.70. The van der Waals surface area contributed by atoms with E-state index in [-0.39, 0.29) is 17.0 Å². The van der Waals surface area contributed by atoms with E-state index in [2.05, 4.69) is 6.26 Å². The fourth-order valence-electron chi connectivity index (χ4n) is 3.68. The summed E-state index contributed by atoms with van der Waals surface area (Å²) in [7, 11) is -3.52. The van der Waals surface area contributed by atoms with Gasteiger partial charge < -0.3 is 0 Å². The van der Waals surface area contributed by atoms with Crippen molar-refractivity contribution in [3.05, 3.63) is 29.6 Å². The van der Waals surface area contributed by atoms with Crippen LogP contribution in [-0.2, 0) is 10.0 Å². The van der Waals surface area contributed by atoms with Gasteiger partial charge in [0.15, 0.2) is 0 Å². The molecule has 2 saturated heterocycles. The number of halogens is 1. The number of benzene rings is 1. The number of rotatable bonds is 3. The first kappa shape index (κ1) is 15.3. The second-order valence-electron chi connectivity index (χ2n) is 5.96. The van der Waals surface area contributed by atoms with Crippen LogP contribution in [0.2, 0.25) is 0 Å². The van der Waals surface area contributed by atoms with E-state index in [9.17, 15) is 12.8 Å². The standard InChI is InChI=1S/C15H20FNO2S2/c1-10-7-11(16)3-6-15(10)21(18,19)17-12-4-5-13(17)9-14(8-12)20-2/h3,6-7,12-14H,4-5,8-9H2,1-2H3. The fraction of sp³-hybridized carbons (Fsp3) is 0.600. The molecule has 0 aromatic heterocycles. The van der Waals surface area contributed by atoms with Gasteiger partial charge in [-0.15, -0.1) is 0 Å². The van der Waals surface area contributed by atoms with Crippen LogP contribution in [0.4, 0.5) is 4.39 Å². The van der Waals surface area contributed by atoms with Crippen molar-refractivity contribution < 1.29 is 12.8 Å². The van der Waals surface area contributed by atoms with Gasteiger partial charge in [-0.1, -0.05) is 0 Å². The van der Waals surface area contributed by atoms with Crippen LogP contribution in [0.1, 0.15) is 31.2 Å². The predicted molar refractivity (Wildman–Crippen MR) is 83.5 cm³/mol. The molecule has 0 N–H and O–H groups in total. The average molecular weight is 329 g/mol. The van der Waals surface area contributed by atoms with Gasteiger partial charge in [0.1, 0.15) is 5.82 Å². The summed E-state index contributed by atoms with van der Waals surface area (Å²) in [6.07, 6.45) is 5.84. The summed E-state index contributed by atoms with van der Waals surface area (Å²) in [5.41, 5.74) is 0.487. The summed E-state index contributed by atoms with van der Waals surface area (Å²) >= 11 is 1.84. The quantitative estimate of drug-likeness (QED) is 0.855. The maximum absolute atomic E-state index is 13.2. The molecule has 2 atom stereocenters. The van der Waals surface area contributed by atoms with E-state index >= 15 is 0 Å². The zero-order valence-electron chi connectivity index (χ0n) is 12.3. The molecule has 2 heterocycles. The third-order valence-electron chi connectivity index (χ3n) is 4.65. The molecule has 0 radical (unpaired) electrons. The number of aryl methyl sites for hydroxylation is 1. The third kappa shape index (κ3) is 2.62. The molecule has 0 saturated carbocycles. The maximum atomic E-state index is 13.2. The Kier molecular flexibility index (Phi) is 4.05. The van der Waals surface area contributed by atoms with Crippen LogP contribution >= 0.6 is 11.8 Å². The minimum absolute atomic E-state index is 0.107. The van der Waals surface area contributed by atoms with Crippen LogP contribution in [0.3, 0.4) is 0 Å². The van der Waals surface area contributed by atoms with Crippen molar-refractivity contribution >= 4 is 21.8 Å². The van der Waals surface area contributed by atoms with Crippen molar-refractivity contribution in [1.82, 2.24) is 4.31 Å². The van der Waals surface area contributed by atoms with Crippen LogP contribution in [0, 0.1) is 12.7 Å². The van der Waals surface area contributed by atoms with E-state index in [1.165, 1.54) is 18.2 Å². The van der Waals surface area contributed by atoms with Crippen molar-refractivity contribution in [2.24, 2.45) is 0 Å². The highest BCUT2D eigenvalue weighted by molar-refractivity contribution is 7.99. The number of nitrogens with zero attached hydrogens (tertiary/aromatic N) is 1. The molecule has 1 aromatic rings. The van der Waals surface area contributed by atoms with Crippen molar-refractivity contribution in [3.8, 4) is 0 Å². The molecule has 0 aliphatic carbocycles. The molecule has 3 rings (SSSR count). The van der Waals surface area contributed by atoms with Gasteiger partial charge in [-0.3, -0.25) is 0 Å². The molecule has 116 valence electrons. The minimum Gasteiger partial charge on any atom is -0.207 e. The molecule has 2 aliphatic heterocycles. The summed E-state index contributed by atoms with van der Waals surface area (Å²) in [6, 6.07) is 4.14. The molecule has 2 bridgehead atoms. The molecule has 0 amide bonds. The summed E-state index contributed by atoms with van der Waals surface area (Å²) in [6.45, 7) is 1.66. The Bertz CT molecular complexity index is 633. The van der Waals surface area contributed by atoms with Crippen LogP contribution in [0.25, 0.3) is 0 Å². The third-order valence-corrected chi connectivity index (χ3v) is 7.87. The second kappa shape index (κ2) is 5.56. The monoisotopic (exact) mass is 329 g/mol. The van der Waals surface area contributed by atoms with Crippen LogP contribution in [0.15, 0.2) is 23.1 Å².